The maximum Gasteiger partial charge on any atom is 0.435 e. The van der Waals surface area contributed by atoms with Crippen LogP contribution in [0, 0.1) is 6.92 Å². The lowest BCUT2D eigenvalue weighted by Crippen LogP contribution is -2.34. The molecule has 1 aliphatic heterocycles. The van der Waals surface area contributed by atoms with Gasteiger partial charge >= 0.3 is 6.18 Å². The molecule has 0 N–H and O–H groups in total. The van der Waals surface area contributed by atoms with Crippen molar-refractivity contribution in [3.8, 4) is 0 Å². The average molecular weight is 382 g/mol. The van der Waals surface area contributed by atoms with E-state index in [0.717, 1.165) is 25.7 Å². The van der Waals surface area contributed by atoms with Crippen LogP contribution >= 0.6 is 0 Å². The first-order valence-electron chi connectivity index (χ1n) is 9.23. The Hall–Kier alpha value is -2.32. The zero-order valence-corrected chi connectivity index (χ0v) is 15.1. The lowest BCUT2D eigenvalue weighted by Gasteiger charge is -2.23. The highest BCUT2D eigenvalue weighted by Crippen LogP contribution is 2.36. The molecule has 27 heavy (non-hydrogen) atoms. The summed E-state index contributed by atoms with van der Waals surface area (Å²) in [5.74, 6) is 0.433. The van der Waals surface area contributed by atoms with E-state index in [1.807, 2.05) is 0 Å². The zero-order valence-electron chi connectivity index (χ0n) is 15.1. The van der Waals surface area contributed by atoms with Gasteiger partial charge in [0.15, 0.2) is 5.69 Å². The summed E-state index contributed by atoms with van der Waals surface area (Å²) >= 11 is 0. The summed E-state index contributed by atoms with van der Waals surface area (Å²) in [6.45, 7) is 2.17. The van der Waals surface area contributed by atoms with Crippen molar-refractivity contribution in [2.45, 2.75) is 64.2 Å². The van der Waals surface area contributed by atoms with Gasteiger partial charge in [-0.3, -0.25) is 9.48 Å². The standard InChI is InChI=1S/C18H21F3N4O2/c1-11-9-13(23-27-11)15-7-4-8-24(15)16(26)10-25-14-6-3-2-5-12(14)17(22-25)18(19,20)21/h9,15H,2-8,10H2,1H3. The van der Waals surface area contributed by atoms with Gasteiger partial charge in [0.25, 0.3) is 0 Å². The summed E-state index contributed by atoms with van der Waals surface area (Å²) in [5.41, 5.74) is 0.661. The minimum atomic E-state index is -4.50. The van der Waals surface area contributed by atoms with Gasteiger partial charge in [0.05, 0.1) is 6.04 Å². The molecule has 0 spiro atoms. The zero-order chi connectivity index (χ0) is 19.2. The summed E-state index contributed by atoms with van der Waals surface area (Å²) in [7, 11) is 0. The number of hydrogen-bond donors (Lipinski definition) is 0. The van der Waals surface area contributed by atoms with Gasteiger partial charge in [-0.1, -0.05) is 5.16 Å². The fourth-order valence-corrected chi connectivity index (χ4v) is 4.16. The van der Waals surface area contributed by atoms with Crippen molar-refractivity contribution in [3.63, 3.8) is 0 Å². The van der Waals surface area contributed by atoms with Crippen LogP contribution in [0.5, 0.6) is 0 Å². The van der Waals surface area contributed by atoms with E-state index < -0.39 is 11.9 Å². The second kappa shape index (κ2) is 6.69. The lowest BCUT2D eigenvalue weighted by molar-refractivity contribution is -0.142. The molecular formula is C18H21F3N4O2. The molecule has 2 aromatic heterocycles. The molecule has 146 valence electrons. The van der Waals surface area contributed by atoms with E-state index in [-0.39, 0.29) is 24.1 Å². The number of alkyl halides is 3. The summed E-state index contributed by atoms with van der Waals surface area (Å²) < 4.78 is 46.3. The first-order valence-corrected chi connectivity index (χ1v) is 9.23. The van der Waals surface area contributed by atoms with Crippen LogP contribution < -0.4 is 0 Å². The van der Waals surface area contributed by atoms with Crippen LogP contribution in [0.3, 0.4) is 0 Å². The highest BCUT2D eigenvalue weighted by atomic mass is 19.4. The Kier molecular flexibility index (Phi) is 4.47. The first-order chi connectivity index (χ1) is 12.8. The Morgan fingerprint density at radius 3 is 2.78 bits per heavy atom. The van der Waals surface area contributed by atoms with Gasteiger partial charge in [0, 0.05) is 23.9 Å². The highest BCUT2D eigenvalue weighted by molar-refractivity contribution is 5.77. The fourth-order valence-electron chi connectivity index (χ4n) is 4.16. The lowest BCUT2D eigenvalue weighted by atomic mass is 9.95. The molecule has 6 nitrogen and oxygen atoms in total. The number of carbonyl (C=O) groups excluding carboxylic acids is 1. The number of hydrogen-bond acceptors (Lipinski definition) is 4. The molecule has 0 aromatic carbocycles. The smallest absolute Gasteiger partial charge is 0.361 e. The summed E-state index contributed by atoms with van der Waals surface area (Å²) in [4.78, 5) is 14.6. The van der Waals surface area contributed by atoms with Crippen LogP contribution in [-0.4, -0.2) is 32.3 Å². The molecule has 1 unspecified atom stereocenters. The van der Waals surface area contributed by atoms with Crippen LogP contribution in [0.2, 0.25) is 0 Å². The quantitative estimate of drug-likeness (QED) is 0.816. The van der Waals surface area contributed by atoms with Crippen LogP contribution in [-0.2, 0) is 30.4 Å². The van der Waals surface area contributed by atoms with E-state index in [1.54, 1.807) is 17.9 Å². The summed E-state index contributed by atoms with van der Waals surface area (Å²) in [5, 5.41) is 7.79. The predicted molar refractivity (Wildman–Crippen MR) is 88.8 cm³/mol. The SMILES string of the molecule is Cc1cc(C2CCCN2C(=O)Cn2nc(C(F)(F)F)c3c2CCCC3)no1. The van der Waals surface area contributed by atoms with Gasteiger partial charge in [-0.25, -0.2) is 0 Å². The van der Waals surface area contributed by atoms with Crippen molar-refractivity contribution < 1.29 is 22.5 Å². The number of nitrogens with zero attached hydrogens (tertiary/aromatic N) is 4. The van der Waals surface area contributed by atoms with Gasteiger partial charge in [-0.2, -0.15) is 18.3 Å². The molecule has 1 saturated heterocycles. The van der Waals surface area contributed by atoms with E-state index in [1.165, 1.54) is 4.68 Å². The van der Waals surface area contributed by atoms with Gasteiger partial charge < -0.3 is 9.42 Å². The monoisotopic (exact) mass is 382 g/mol. The molecular weight excluding hydrogens is 361 g/mol. The molecule has 9 heteroatoms. The van der Waals surface area contributed by atoms with Crippen LogP contribution in [0.15, 0.2) is 10.6 Å². The number of halogens is 3. The number of amides is 1. The minimum absolute atomic E-state index is 0.175. The van der Waals surface area contributed by atoms with Gasteiger partial charge in [-0.05, 0) is 45.4 Å². The predicted octanol–water partition coefficient (Wildman–Crippen LogP) is 3.44. The van der Waals surface area contributed by atoms with Crippen molar-refractivity contribution in [2.24, 2.45) is 0 Å². The Morgan fingerprint density at radius 2 is 2.07 bits per heavy atom. The second-order valence-corrected chi connectivity index (χ2v) is 7.24. The molecule has 2 aliphatic rings. The van der Waals surface area contributed by atoms with Crippen molar-refractivity contribution in [2.75, 3.05) is 6.54 Å². The van der Waals surface area contributed by atoms with E-state index in [4.69, 9.17) is 4.52 Å². The third-order valence-corrected chi connectivity index (χ3v) is 5.37. The third-order valence-electron chi connectivity index (χ3n) is 5.37. The number of aromatic nitrogens is 3. The van der Waals surface area contributed by atoms with Crippen molar-refractivity contribution >= 4 is 5.91 Å². The van der Waals surface area contributed by atoms with Crippen LogP contribution in [0.25, 0.3) is 0 Å². The van der Waals surface area contributed by atoms with E-state index in [2.05, 4.69) is 10.3 Å². The highest BCUT2D eigenvalue weighted by Gasteiger charge is 2.40. The Morgan fingerprint density at radius 1 is 1.30 bits per heavy atom. The topological polar surface area (TPSA) is 64.2 Å². The number of aryl methyl sites for hydroxylation is 1. The summed E-state index contributed by atoms with van der Waals surface area (Å²) in [6, 6.07) is 1.61. The normalized spacial score (nSPS) is 20.1. The molecule has 4 rings (SSSR count). The molecule has 1 amide bonds. The average Bonchev–Trinajstić information content (AvgIpc) is 3.32. The Balaban J connectivity index is 1.58. The molecule has 0 radical (unpaired) electrons. The number of rotatable bonds is 3. The van der Waals surface area contributed by atoms with Gasteiger partial charge in [0.1, 0.15) is 18.0 Å². The van der Waals surface area contributed by atoms with Crippen LogP contribution in [0.4, 0.5) is 13.2 Å². The maximum absolute atomic E-state index is 13.3. The first kappa shape index (κ1) is 18.1. The molecule has 1 aliphatic carbocycles. The molecule has 1 atom stereocenters. The minimum Gasteiger partial charge on any atom is -0.361 e. The maximum atomic E-state index is 13.3. The van der Waals surface area contributed by atoms with Gasteiger partial charge in [-0.15, -0.1) is 0 Å². The number of carbonyl (C=O) groups is 1. The van der Waals surface area contributed by atoms with Crippen molar-refractivity contribution in [1.82, 2.24) is 19.8 Å². The molecule has 2 aromatic rings. The molecule has 3 heterocycles. The van der Waals surface area contributed by atoms with Gasteiger partial charge in [0.2, 0.25) is 5.91 Å². The summed E-state index contributed by atoms with van der Waals surface area (Å²) in [6.07, 6.45) is -0.481. The fraction of sp³-hybridized carbons (Fsp3) is 0.611. The number of likely N-dealkylation sites (tertiary alicyclic amines) is 1. The molecule has 0 bridgehead atoms. The van der Waals surface area contributed by atoms with E-state index in [0.29, 0.717) is 36.5 Å². The van der Waals surface area contributed by atoms with Crippen molar-refractivity contribution in [3.05, 3.63) is 34.5 Å². The van der Waals surface area contributed by atoms with Crippen LogP contribution in [0.1, 0.15) is 60.1 Å². The molecule has 1 fully saturated rings. The third kappa shape index (κ3) is 3.35. The second-order valence-electron chi connectivity index (χ2n) is 7.24. The number of fused-ring (bicyclic) bond motifs is 1. The van der Waals surface area contributed by atoms with E-state index in [9.17, 15) is 18.0 Å². The van der Waals surface area contributed by atoms with Crippen molar-refractivity contribution in [1.29, 1.82) is 0 Å². The largest absolute Gasteiger partial charge is 0.435 e. The molecule has 0 saturated carbocycles. The Labute approximate surface area is 154 Å². The Bertz CT molecular complexity index is 855. The van der Waals surface area contributed by atoms with E-state index >= 15 is 0 Å².